The molecule has 1 aromatic carbocycles. The van der Waals surface area contributed by atoms with Gasteiger partial charge in [0.05, 0.1) is 7.11 Å². The molecular weight excluding hydrogens is 234 g/mol. The molecule has 2 heteroatoms. The molecule has 1 saturated carbocycles. The summed E-state index contributed by atoms with van der Waals surface area (Å²) in [5, 5.41) is 3.56. The molecule has 1 fully saturated rings. The molecule has 2 rings (SSSR count). The topological polar surface area (TPSA) is 21.3 Å². The molecule has 2 nitrogen and oxygen atoms in total. The van der Waals surface area contributed by atoms with Crippen LogP contribution in [-0.2, 0) is 6.54 Å². The Kier molecular flexibility index (Phi) is 5.71. The quantitative estimate of drug-likeness (QED) is 0.781. The third-order valence-electron chi connectivity index (χ3n) is 4.26. The number of nitrogens with one attached hydrogen (secondary N) is 1. The van der Waals surface area contributed by atoms with E-state index in [1.807, 2.05) is 12.1 Å². The third kappa shape index (κ3) is 4.87. The van der Waals surface area contributed by atoms with E-state index in [4.69, 9.17) is 4.74 Å². The van der Waals surface area contributed by atoms with Crippen molar-refractivity contribution in [3.05, 3.63) is 29.8 Å². The molecular formula is C17H27NO. The number of rotatable bonds is 6. The largest absolute Gasteiger partial charge is 0.497 e. The Balaban J connectivity index is 1.63. The summed E-state index contributed by atoms with van der Waals surface area (Å²) in [6.45, 7) is 4.51. The molecule has 106 valence electrons. The summed E-state index contributed by atoms with van der Waals surface area (Å²) in [7, 11) is 1.71. The summed E-state index contributed by atoms with van der Waals surface area (Å²) >= 11 is 0. The number of benzene rings is 1. The maximum absolute atomic E-state index is 5.16. The zero-order chi connectivity index (χ0) is 13.5. The van der Waals surface area contributed by atoms with Crippen LogP contribution >= 0.6 is 0 Å². The summed E-state index contributed by atoms with van der Waals surface area (Å²) in [6.07, 6.45) is 7.08. The van der Waals surface area contributed by atoms with Crippen LogP contribution in [-0.4, -0.2) is 13.7 Å². The molecule has 0 amide bonds. The average Bonchev–Trinajstić information content (AvgIpc) is 2.44. The van der Waals surface area contributed by atoms with Gasteiger partial charge in [-0.15, -0.1) is 0 Å². The maximum atomic E-state index is 5.16. The van der Waals surface area contributed by atoms with Crippen molar-refractivity contribution in [3.8, 4) is 5.75 Å². The summed E-state index contributed by atoms with van der Waals surface area (Å²) in [4.78, 5) is 0. The molecule has 2 atom stereocenters. The second-order valence-electron chi connectivity index (χ2n) is 5.95. The van der Waals surface area contributed by atoms with E-state index in [2.05, 4.69) is 24.4 Å². The van der Waals surface area contributed by atoms with Gasteiger partial charge in [0.15, 0.2) is 0 Å². The van der Waals surface area contributed by atoms with Crippen molar-refractivity contribution < 1.29 is 4.74 Å². The van der Waals surface area contributed by atoms with Crippen LogP contribution in [0.25, 0.3) is 0 Å². The number of methoxy groups -OCH3 is 1. The first-order valence-corrected chi connectivity index (χ1v) is 7.61. The van der Waals surface area contributed by atoms with Crippen molar-refractivity contribution in [2.75, 3.05) is 13.7 Å². The van der Waals surface area contributed by atoms with Gasteiger partial charge in [-0.1, -0.05) is 38.3 Å². The first kappa shape index (κ1) is 14.4. The molecule has 0 heterocycles. The lowest BCUT2D eigenvalue weighted by Crippen LogP contribution is -2.21. The van der Waals surface area contributed by atoms with E-state index in [1.165, 1.54) is 37.7 Å². The van der Waals surface area contributed by atoms with Crippen molar-refractivity contribution in [1.82, 2.24) is 5.32 Å². The second-order valence-corrected chi connectivity index (χ2v) is 5.95. The van der Waals surface area contributed by atoms with Crippen LogP contribution in [0.1, 0.15) is 44.6 Å². The molecule has 0 aliphatic heterocycles. The highest BCUT2D eigenvalue weighted by Gasteiger charge is 2.17. The van der Waals surface area contributed by atoms with Crippen molar-refractivity contribution >= 4 is 0 Å². The van der Waals surface area contributed by atoms with Gasteiger partial charge in [-0.05, 0) is 48.9 Å². The predicted octanol–water partition coefficient (Wildman–Crippen LogP) is 4.00. The maximum Gasteiger partial charge on any atom is 0.118 e. The lowest BCUT2D eigenvalue weighted by molar-refractivity contribution is 0.267. The summed E-state index contributed by atoms with van der Waals surface area (Å²) in [5.74, 6) is 2.83. The van der Waals surface area contributed by atoms with E-state index < -0.39 is 0 Å². The zero-order valence-electron chi connectivity index (χ0n) is 12.3. The van der Waals surface area contributed by atoms with Crippen LogP contribution in [0.2, 0.25) is 0 Å². The van der Waals surface area contributed by atoms with Gasteiger partial charge in [0.2, 0.25) is 0 Å². The molecule has 2 unspecified atom stereocenters. The minimum Gasteiger partial charge on any atom is -0.497 e. The van der Waals surface area contributed by atoms with Crippen molar-refractivity contribution in [2.45, 2.75) is 45.6 Å². The summed E-state index contributed by atoms with van der Waals surface area (Å²) < 4.78 is 5.16. The molecule has 19 heavy (non-hydrogen) atoms. The Morgan fingerprint density at radius 3 is 2.68 bits per heavy atom. The number of hydrogen-bond donors (Lipinski definition) is 1. The Hall–Kier alpha value is -1.02. The molecule has 1 aromatic rings. The first-order chi connectivity index (χ1) is 9.28. The molecule has 1 N–H and O–H groups in total. The average molecular weight is 261 g/mol. The van der Waals surface area contributed by atoms with Gasteiger partial charge in [0.25, 0.3) is 0 Å². The molecule has 0 radical (unpaired) electrons. The minimum atomic E-state index is 0.931. The molecule has 0 bridgehead atoms. The third-order valence-corrected chi connectivity index (χ3v) is 4.26. The second kappa shape index (κ2) is 7.54. The van der Waals surface area contributed by atoms with E-state index in [9.17, 15) is 0 Å². The molecule has 1 aliphatic carbocycles. The van der Waals surface area contributed by atoms with Crippen molar-refractivity contribution in [2.24, 2.45) is 11.8 Å². The minimum absolute atomic E-state index is 0.931. The zero-order valence-corrected chi connectivity index (χ0v) is 12.3. The number of ether oxygens (including phenoxy) is 1. The van der Waals surface area contributed by atoms with E-state index in [0.29, 0.717) is 0 Å². The van der Waals surface area contributed by atoms with Gasteiger partial charge in [0, 0.05) is 6.54 Å². The van der Waals surface area contributed by atoms with Gasteiger partial charge >= 0.3 is 0 Å². The monoisotopic (exact) mass is 261 g/mol. The molecule has 0 aromatic heterocycles. The van der Waals surface area contributed by atoms with Gasteiger partial charge in [0.1, 0.15) is 5.75 Å². The highest BCUT2D eigenvalue weighted by Crippen LogP contribution is 2.30. The highest BCUT2D eigenvalue weighted by molar-refractivity contribution is 5.26. The van der Waals surface area contributed by atoms with Crippen molar-refractivity contribution in [1.29, 1.82) is 0 Å². The van der Waals surface area contributed by atoms with Gasteiger partial charge in [-0.3, -0.25) is 0 Å². The fraction of sp³-hybridized carbons (Fsp3) is 0.647. The predicted molar refractivity (Wildman–Crippen MR) is 80.4 cm³/mol. The van der Waals surface area contributed by atoms with Crippen LogP contribution in [0, 0.1) is 11.8 Å². The van der Waals surface area contributed by atoms with E-state index >= 15 is 0 Å². The van der Waals surface area contributed by atoms with Crippen LogP contribution in [0.15, 0.2) is 24.3 Å². The number of hydrogen-bond acceptors (Lipinski definition) is 2. The molecule has 0 spiro atoms. The molecule has 1 aliphatic rings. The fourth-order valence-electron chi connectivity index (χ4n) is 3.10. The van der Waals surface area contributed by atoms with Gasteiger partial charge < -0.3 is 10.1 Å². The fourth-order valence-corrected chi connectivity index (χ4v) is 3.10. The Morgan fingerprint density at radius 1 is 1.21 bits per heavy atom. The van der Waals surface area contributed by atoms with Crippen molar-refractivity contribution in [3.63, 3.8) is 0 Å². The Bertz CT molecular complexity index is 360. The lowest BCUT2D eigenvalue weighted by Gasteiger charge is -2.26. The Labute approximate surface area is 117 Å². The van der Waals surface area contributed by atoms with E-state index in [-0.39, 0.29) is 0 Å². The van der Waals surface area contributed by atoms with E-state index in [0.717, 1.165) is 30.7 Å². The smallest absolute Gasteiger partial charge is 0.118 e. The SMILES string of the molecule is COc1ccc(CNCCC2CCCC(C)C2)cc1. The highest BCUT2D eigenvalue weighted by atomic mass is 16.5. The Morgan fingerprint density at radius 2 is 2.00 bits per heavy atom. The summed E-state index contributed by atoms with van der Waals surface area (Å²) in [6, 6.07) is 8.32. The normalized spacial score (nSPS) is 23.3. The first-order valence-electron chi connectivity index (χ1n) is 7.61. The van der Waals surface area contributed by atoms with Crippen LogP contribution < -0.4 is 10.1 Å². The lowest BCUT2D eigenvalue weighted by atomic mass is 9.81. The van der Waals surface area contributed by atoms with Gasteiger partial charge in [-0.25, -0.2) is 0 Å². The van der Waals surface area contributed by atoms with Crippen LogP contribution in [0.3, 0.4) is 0 Å². The van der Waals surface area contributed by atoms with E-state index in [1.54, 1.807) is 7.11 Å². The van der Waals surface area contributed by atoms with Gasteiger partial charge in [-0.2, -0.15) is 0 Å². The van der Waals surface area contributed by atoms with Crippen LogP contribution in [0.4, 0.5) is 0 Å². The summed E-state index contributed by atoms with van der Waals surface area (Å²) in [5.41, 5.74) is 1.33. The molecule has 0 saturated heterocycles. The standard InChI is InChI=1S/C17H27NO/c1-14-4-3-5-15(12-14)10-11-18-13-16-6-8-17(19-2)9-7-16/h6-9,14-15,18H,3-5,10-13H2,1-2H3. The van der Waals surface area contributed by atoms with Crippen LogP contribution in [0.5, 0.6) is 5.75 Å².